The molecule has 1 saturated heterocycles. The molecule has 1 aromatic heterocycles. The molecule has 1 fully saturated rings. The summed E-state index contributed by atoms with van der Waals surface area (Å²) in [7, 11) is 0. The monoisotopic (exact) mass is 237 g/mol. The van der Waals surface area contributed by atoms with Crippen LogP contribution in [0.25, 0.3) is 0 Å². The molecule has 0 amide bonds. The summed E-state index contributed by atoms with van der Waals surface area (Å²) in [5.41, 5.74) is 1.92. The van der Waals surface area contributed by atoms with Crippen LogP contribution in [0.2, 0.25) is 0 Å². The summed E-state index contributed by atoms with van der Waals surface area (Å²) in [4.78, 5) is 14.6. The van der Waals surface area contributed by atoms with Gasteiger partial charge in [0.1, 0.15) is 0 Å². The first kappa shape index (κ1) is 11.9. The molecule has 0 unspecified atom stereocenters. The van der Waals surface area contributed by atoms with Crippen LogP contribution >= 0.6 is 0 Å². The SMILES string of the molecule is Cc1ccnc(OC(=O)O)c1C1CCOCC1. The molecule has 92 valence electrons. The molecule has 1 aliphatic heterocycles. The van der Waals surface area contributed by atoms with Crippen molar-refractivity contribution in [1.29, 1.82) is 0 Å². The second-order valence-electron chi connectivity index (χ2n) is 4.10. The average molecular weight is 237 g/mol. The topological polar surface area (TPSA) is 68.7 Å². The van der Waals surface area contributed by atoms with Crippen LogP contribution in [0, 0.1) is 6.92 Å². The van der Waals surface area contributed by atoms with E-state index in [4.69, 9.17) is 14.6 Å². The number of hydrogen-bond acceptors (Lipinski definition) is 4. The van der Waals surface area contributed by atoms with E-state index >= 15 is 0 Å². The van der Waals surface area contributed by atoms with Gasteiger partial charge in [-0.1, -0.05) is 0 Å². The number of aryl methyl sites for hydroxylation is 1. The third kappa shape index (κ3) is 2.74. The van der Waals surface area contributed by atoms with E-state index in [2.05, 4.69) is 4.98 Å². The summed E-state index contributed by atoms with van der Waals surface area (Å²) < 4.78 is 10.0. The molecule has 0 spiro atoms. The third-order valence-corrected chi connectivity index (χ3v) is 2.99. The molecule has 5 heteroatoms. The molecule has 0 bridgehead atoms. The quantitative estimate of drug-likeness (QED) is 0.799. The van der Waals surface area contributed by atoms with Gasteiger partial charge in [0.05, 0.1) is 0 Å². The zero-order valence-electron chi connectivity index (χ0n) is 9.68. The number of carbonyl (C=O) groups is 1. The highest BCUT2D eigenvalue weighted by Crippen LogP contribution is 2.34. The van der Waals surface area contributed by atoms with Gasteiger partial charge < -0.3 is 14.6 Å². The van der Waals surface area contributed by atoms with Crippen LogP contribution < -0.4 is 4.74 Å². The predicted octanol–water partition coefficient (Wildman–Crippen LogP) is 2.34. The lowest BCUT2D eigenvalue weighted by Crippen LogP contribution is -2.17. The largest absolute Gasteiger partial charge is 0.512 e. The minimum Gasteiger partial charge on any atom is -0.449 e. The van der Waals surface area contributed by atoms with E-state index in [1.807, 2.05) is 13.0 Å². The molecule has 0 saturated carbocycles. The van der Waals surface area contributed by atoms with Crippen molar-refractivity contribution in [1.82, 2.24) is 4.98 Å². The van der Waals surface area contributed by atoms with E-state index < -0.39 is 6.16 Å². The lowest BCUT2D eigenvalue weighted by atomic mass is 9.89. The Morgan fingerprint density at radius 1 is 1.53 bits per heavy atom. The molecule has 0 aliphatic carbocycles. The first-order valence-corrected chi connectivity index (χ1v) is 5.62. The van der Waals surface area contributed by atoms with Crippen molar-refractivity contribution in [2.45, 2.75) is 25.7 Å². The first-order chi connectivity index (χ1) is 8.18. The third-order valence-electron chi connectivity index (χ3n) is 2.99. The fourth-order valence-corrected chi connectivity index (χ4v) is 2.19. The molecule has 0 atom stereocenters. The Balaban J connectivity index is 2.31. The first-order valence-electron chi connectivity index (χ1n) is 5.62. The maximum absolute atomic E-state index is 10.6. The molecular formula is C12H15NO4. The Hall–Kier alpha value is -1.62. The second-order valence-corrected chi connectivity index (χ2v) is 4.10. The van der Waals surface area contributed by atoms with Crippen LogP contribution in [0.5, 0.6) is 5.88 Å². The Labute approximate surface area is 99.4 Å². The van der Waals surface area contributed by atoms with E-state index in [9.17, 15) is 4.79 Å². The molecule has 1 aromatic rings. The molecule has 5 nitrogen and oxygen atoms in total. The normalized spacial score (nSPS) is 16.8. The zero-order chi connectivity index (χ0) is 12.3. The fraction of sp³-hybridized carbons (Fsp3) is 0.500. The van der Waals surface area contributed by atoms with E-state index in [0.717, 1.165) is 24.0 Å². The molecule has 0 aromatic carbocycles. The van der Waals surface area contributed by atoms with Crippen LogP contribution in [0.15, 0.2) is 12.3 Å². The summed E-state index contributed by atoms with van der Waals surface area (Å²) in [6.07, 6.45) is 2.00. The molecule has 0 radical (unpaired) electrons. The maximum Gasteiger partial charge on any atom is 0.512 e. The van der Waals surface area contributed by atoms with Gasteiger partial charge in [0.25, 0.3) is 0 Å². The van der Waals surface area contributed by atoms with Crippen molar-refractivity contribution in [3.8, 4) is 5.88 Å². The fourth-order valence-electron chi connectivity index (χ4n) is 2.19. The minimum atomic E-state index is -1.32. The van der Waals surface area contributed by atoms with Crippen LogP contribution in [0.3, 0.4) is 0 Å². The lowest BCUT2D eigenvalue weighted by molar-refractivity contribution is 0.0842. The van der Waals surface area contributed by atoms with Gasteiger partial charge in [-0.2, -0.15) is 0 Å². The smallest absolute Gasteiger partial charge is 0.449 e. The van der Waals surface area contributed by atoms with Gasteiger partial charge in [0.2, 0.25) is 5.88 Å². The van der Waals surface area contributed by atoms with Crippen molar-refractivity contribution >= 4 is 6.16 Å². The van der Waals surface area contributed by atoms with Crippen molar-refractivity contribution in [3.63, 3.8) is 0 Å². The van der Waals surface area contributed by atoms with Crippen molar-refractivity contribution < 1.29 is 19.4 Å². The van der Waals surface area contributed by atoms with Crippen molar-refractivity contribution in [2.24, 2.45) is 0 Å². The van der Waals surface area contributed by atoms with Crippen LogP contribution in [0.1, 0.15) is 29.9 Å². The Bertz CT molecular complexity index is 413. The molecule has 2 rings (SSSR count). The van der Waals surface area contributed by atoms with Gasteiger partial charge in [-0.15, -0.1) is 0 Å². The Morgan fingerprint density at radius 2 is 2.24 bits per heavy atom. The highest BCUT2D eigenvalue weighted by molar-refractivity contribution is 5.61. The summed E-state index contributed by atoms with van der Waals surface area (Å²) in [5, 5.41) is 8.69. The number of carboxylic acid groups (broad SMARTS) is 1. The maximum atomic E-state index is 10.6. The Kier molecular flexibility index (Phi) is 3.58. The highest BCUT2D eigenvalue weighted by atomic mass is 16.7. The molecule has 17 heavy (non-hydrogen) atoms. The average Bonchev–Trinajstić information content (AvgIpc) is 2.29. The van der Waals surface area contributed by atoms with Crippen molar-refractivity contribution in [3.05, 3.63) is 23.4 Å². The van der Waals surface area contributed by atoms with Crippen LogP contribution in [-0.2, 0) is 4.74 Å². The predicted molar refractivity (Wildman–Crippen MR) is 60.4 cm³/mol. The van der Waals surface area contributed by atoms with E-state index in [-0.39, 0.29) is 11.8 Å². The molecular weight excluding hydrogens is 222 g/mol. The Morgan fingerprint density at radius 3 is 2.88 bits per heavy atom. The molecule has 1 N–H and O–H groups in total. The minimum absolute atomic E-state index is 0.212. The second kappa shape index (κ2) is 5.14. The van der Waals surface area contributed by atoms with Gasteiger partial charge in [-0.25, -0.2) is 9.78 Å². The van der Waals surface area contributed by atoms with Gasteiger partial charge in [-0.3, -0.25) is 0 Å². The van der Waals surface area contributed by atoms with Gasteiger partial charge in [0.15, 0.2) is 0 Å². The van der Waals surface area contributed by atoms with Crippen LogP contribution in [0.4, 0.5) is 4.79 Å². The lowest BCUT2D eigenvalue weighted by Gasteiger charge is -2.24. The summed E-state index contributed by atoms with van der Waals surface area (Å²) in [5.74, 6) is 0.483. The highest BCUT2D eigenvalue weighted by Gasteiger charge is 2.23. The molecule has 1 aliphatic rings. The number of hydrogen-bond donors (Lipinski definition) is 1. The summed E-state index contributed by atoms with van der Waals surface area (Å²) in [6, 6.07) is 1.87. The van der Waals surface area contributed by atoms with Crippen LogP contribution in [-0.4, -0.2) is 29.5 Å². The van der Waals surface area contributed by atoms with Gasteiger partial charge in [-0.05, 0) is 37.3 Å². The van der Waals surface area contributed by atoms with E-state index in [0.29, 0.717) is 13.2 Å². The zero-order valence-corrected chi connectivity index (χ0v) is 9.68. The van der Waals surface area contributed by atoms with Gasteiger partial charge in [0, 0.05) is 25.0 Å². The number of rotatable bonds is 2. The summed E-state index contributed by atoms with van der Waals surface area (Å²) >= 11 is 0. The standard InChI is InChI=1S/C12H15NO4/c1-8-2-5-13-11(17-12(14)15)10(8)9-3-6-16-7-4-9/h2,5,9H,3-4,6-7H2,1H3,(H,14,15). The number of aromatic nitrogens is 1. The van der Waals surface area contributed by atoms with E-state index in [1.54, 1.807) is 6.20 Å². The van der Waals surface area contributed by atoms with E-state index in [1.165, 1.54) is 0 Å². The number of pyridine rings is 1. The molecule has 2 heterocycles. The summed E-state index contributed by atoms with van der Waals surface area (Å²) in [6.45, 7) is 3.35. The van der Waals surface area contributed by atoms with Gasteiger partial charge >= 0.3 is 6.16 Å². The van der Waals surface area contributed by atoms with Crippen molar-refractivity contribution in [2.75, 3.05) is 13.2 Å². The number of ether oxygens (including phenoxy) is 2. The number of nitrogens with zero attached hydrogens (tertiary/aromatic N) is 1.